The van der Waals surface area contributed by atoms with Crippen molar-refractivity contribution in [2.45, 2.75) is 20.3 Å². The third-order valence-electron chi connectivity index (χ3n) is 2.94. The molecule has 0 bridgehead atoms. The third kappa shape index (κ3) is 3.58. The highest BCUT2D eigenvalue weighted by molar-refractivity contribution is 14.1. The number of benzene rings is 1. The second kappa shape index (κ2) is 7.26. The number of carbonyl (C=O) groups is 1. The fraction of sp³-hybridized carbons (Fsp3) is 0.333. The monoisotopic (exact) mass is 418 g/mol. The van der Waals surface area contributed by atoms with Crippen molar-refractivity contribution in [2.24, 2.45) is 0 Å². The zero-order valence-corrected chi connectivity index (χ0v) is 14.8. The van der Waals surface area contributed by atoms with Crippen LogP contribution in [0.2, 0.25) is 5.02 Å². The molecule has 0 unspecified atom stereocenters. The van der Waals surface area contributed by atoms with E-state index in [9.17, 15) is 4.79 Å². The topological polar surface area (TPSA) is 51.2 Å². The summed E-state index contributed by atoms with van der Waals surface area (Å²) in [5, 5.41) is 4.76. The molecule has 21 heavy (non-hydrogen) atoms. The SMILES string of the molecule is CCCNc1c(C(=O)OCC)cnc2c(I)cc(Cl)cc12. The lowest BCUT2D eigenvalue weighted by atomic mass is 10.1. The highest BCUT2D eigenvalue weighted by Gasteiger charge is 2.17. The van der Waals surface area contributed by atoms with Crippen LogP contribution in [0.1, 0.15) is 30.6 Å². The normalized spacial score (nSPS) is 10.7. The number of nitrogens with zero attached hydrogens (tertiary/aromatic N) is 1. The van der Waals surface area contributed by atoms with E-state index >= 15 is 0 Å². The van der Waals surface area contributed by atoms with Crippen molar-refractivity contribution in [3.63, 3.8) is 0 Å². The van der Waals surface area contributed by atoms with E-state index in [-0.39, 0.29) is 5.97 Å². The molecule has 0 fully saturated rings. The summed E-state index contributed by atoms with van der Waals surface area (Å²) in [7, 11) is 0. The number of rotatable bonds is 5. The highest BCUT2D eigenvalue weighted by atomic mass is 127. The lowest BCUT2D eigenvalue weighted by molar-refractivity contribution is 0.0527. The first kappa shape index (κ1) is 16.3. The van der Waals surface area contributed by atoms with Crippen LogP contribution in [0.4, 0.5) is 5.69 Å². The molecule has 1 aromatic heterocycles. The Bertz CT molecular complexity index is 676. The Morgan fingerprint density at radius 1 is 1.43 bits per heavy atom. The van der Waals surface area contributed by atoms with Crippen molar-refractivity contribution in [3.8, 4) is 0 Å². The molecule has 1 aromatic carbocycles. The van der Waals surface area contributed by atoms with Crippen molar-refractivity contribution < 1.29 is 9.53 Å². The fourth-order valence-corrected chi connectivity index (χ4v) is 3.20. The predicted octanol–water partition coefficient (Wildman–Crippen LogP) is 4.49. The largest absolute Gasteiger partial charge is 0.462 e. The van der Waals surface area contributed by atoms with Gasteiger partial charge in [0.1, 0.15) is 5.56 Å². The number of hydrogen-bond acceptors (Lipinski definition) is 4. The molecule has 2 rings (SSSR count). The van der Waals surface area contributed by atoms with Gasteiger partial charge >= 0.3 is 5.97 Å². The second-order valence-corrected chi connectivity index (χ2v) is 6.08. The maximum absolute atomic E-state index is 12.1. The molecule has 0 spiro atoms. The summed E-state index contributed by atoms with van der Waals surface area (Å²) in [5.74, 6) is -0.375. The van der Waals surface area contributed by atoms with Crippen LogP contribution in [-0.4, -0.2) is 24.1 Å². The summed E-state index contributed by atoms with van der Waals surface area (Å²) in [6.45, 7) is 4.94. The summed E-state index contributed by atoms with van der Waals surface area (Å²) in [6.07, 6.45) is 2.51. The Labute approximate surface area is 142 Å². The number of halogens is 2. The van der Waals surface area contributed by atoms with E-state index in [0.717, 1.165) is 33.1 Å². The van der Waals surface area contributed by atoms with Gasteiger partial charge in [-0.2, -0.15) is 0 Å². The number of aromatic nitrogens is 1. The molecule has 0 saturated heterocycles. The number of esters is 1. The lowest BCUT2D eigenvalue weighted by Crippen LogP contribution is -2.12. The van der Waals surface area contributed by atoms with Crippen molar-refractivity contribution in [2.75, 3.05) is 18.5 Å². The van der Waals surface area contributed by atoms with E-state index in [1.165, 1.54) is 0 Å². The number of fused-ring (bicyclic) bond motifs is 1. The van der Waals surface area contributed by atoms with E-state index < -0.39 is 0 Å². The van der Waals surface area contributed by atoms with Crippen LogP contribution in [0.25, 0.3) is 10.9 Å². The summed E-state index contributed by atoms with van der Waals surface area (Å²) in [4.78, 5) is 16.5. The Morgan fingerprint density at radius 2 is 2.19 bits per heavy atom. The van der Waals surface area contributed by atoms with Gasteiger partial charge in [0.25, 0.3) is 0 Å². The Kier molecular flexibility index (Phi) is 5.64. The molecule has 0 aliphatic rings. The van der Waals surface area contributed by atoms with Crippen LogP contribution in [0.3, 0.4) is 0 Å². The number of anilines is 1. The van der Waals surface area contributed by atoms with E-state index in [1.807, 2.05) is 12.1 Å². The summed E-state index contributed by atoms with van der Waals surface area (Å²) in [6, 6.07) is 3.68. The molecule has 0 radical (unpaired) electrons. The Hall–Kier alpha value is -1.08. The van der Waals surface area contributed by atoms with E-state index in [0.29, 0.717) is 17.2 Å². The van der Waals surface area contributed by atoms with Crippen LogP contribution in [0.15, 0.2) is 18.3 Å². The van der Waals surface area contributed by atoms with Crippen molar-refractivity contribution in [1.29, 1.82) is 0 Å². The van der Waals surface area contributed by atoms with E-state index in [2.05, 4.69) is 39.8 Å². The fourth-order valence-electron chi connectivity index (χ4n) is 2.03. The minimum atomic E-state index is -0.375. The van der Waals surface area contributed by atoms with Gasteiger partial charge in [-0.1, -0.05) is 18.5 Å². The van der Waals surface area contributed by atoms with E-state index in [4.69, 9.17) is 16.3 Å². The van der Waals surface area contributed by atoms with Gasteiger partial charge in [-0.25, -0.2) is 4.79 Å². The first-order valence-corrected chi connectivity index (χ1v) is 8.22. The van der Waals surface area contributed by atoms with Gasteiger partial charge in [-0.05, 0) is 48.1 Å². The van der Waals surface area contributed by atoms with Crippen LogP contribution < -0.4 is 5.32 Å². The molecule has 0 amide bonds. The number of hydrogen-bond donors (Lipinski definition) is 1. The molecule has 6 heteroatoms. The van der Waals surface area contributed by atoms with Crippen molar-refractivity contribution in [3.05, 3.63) is 32.5 Å². The first-order valence-electron chi connectivity index (χ1n) is 6.77. The molecule has 0 atom stereocenters. The molecule has 1 heterocycles. The number of nitrogens with one attached hydrogen (secondary N) is 1. The molecular weight excluding hydrogens is 403 g/mol. The Morgan fingerprint density at radius 3 is 2.86 bits per heavy atom. The molecule has 112 valence electrons. The maximum Gasteiger partial charge on any atom is 0.341 e. The highest BCUT2D eigenvalue weighted by Crippen LogP contribution is 2.32. The number of ether oxygens (including phenoxy) is 1. The Balaban J connectivity index is 2.66. The van der Waals surface area contributed by atoms with Gasteiger partial charge in [0.05, 0.1) is 17.8 Å². The molecule has 1 N–H and O–H groups in total. The molecule has 4 nitrogen and oxygen atoms in total. The quantitative estimate of drug-likeness (QED) is 0.574. The van der Waals surface area contributed by atoms with Gasteiger partial charge in [-0.15, -0.1) is 0 Å². The van der Waals surface area contributed by atoms with Crippen molar-refractivity contribution >= 4 is 56.8 Å². The van der Waals surface area contributed by atoms with Crippen LogP contribution in [-0.2, 0) is 4.74 Å². The van der Waals surface area contributed by atoms with Crippen molar-refractivity contribution in [1.82, 2.24) is 4.98 Å². The number of carbonyl (C=O) groups excluding carboxylic acids is 1. The van der Waals surface area contributed by atoms with Crippen LogP contribution in [0, 0.1) is 3.57 Å². The van der Waals surface area contributed by atoms with Gasteiger partial charge in [-0.3, -0.25) is 4.98 Å². The maximum atomic E-state index is 12.1. The molecule has 0 saturated carbocycles. The van der Waals surface area contributed by atoms with E-state index in [1.54, 1.807) is 13.1 Å². The van der Waals surface area contributed by atoms with Crippen LogP contribution >= 0.6 is 34.2 Å². The molecule has 2 aromatic rings. The van der Waals surface area contributed by atoms with Gasteiger partial charge < -0.3 is 10.1 Å². The average molecular weight is 419 g/mol. The molecule has 0 aliphatic carbocycles. The zero-order valence-electron chi connectivity index (χ0n) is 11.9. The second-order valence-electron chi connectivity index (χ2n) is 4.48. The number of pyridine rings is 1. The third-order valence-corrected chi connectivity index (χ3v) is 3.98. The minimum absolute atomic E-state index is 0.331. The summed E-state index contributed by atoms with van der Waals surface area (Å²) in [5.41, 5.74) is 2.00. The standard InChI is InChI=1S/C15H16ClIN2O2/c1-3-5-18-13-10-6-9(16)7-12(17)14(10)19-8-11(13)15(20)21-4-2/h6-8H,3-5H2,1-2H3,(H,18,19). The molecule has 0 aliphatic heterocycles. The molecular formula is C15H16ClIN2O2. The smallest absolute Gasteiger partial charge is 0.341 e. The van der Waals surface area contributed by atoms with Gasteiger partial charge in [0.2, 0.25) is 0 Å². The summed E-state index contributed by atoms with van der Waals surface area (Å²) < 4.78 is 6.05. The average Bonchev–Trinajstić information content (AvgIpc) is 2.44. The van der Waals surface area contributed by atoms with Gasteiger partial charge in [0.15, 0.2) is 0 Å². The van der Waals surface area contributed by atoms with Gasteiger partial charge in [0, 0.05) is 26.7 Å². The minimum Gasteiger partial charge on any atom is -0.462 e. The zero-order chi connectivity index (χ0) is 15.4. The predicted molar refractivity (Wildman–Crippen MR) is 94.2 cm³/mol. The van der Waals surface area contributed by atoms with Crippen LogP contribution in [0.5, 0.6) is 0 Å². The first-order chi connectivity index (χ1) is 10.1. The summed E-state index contributed by atoms with van der Waals surface area (Å²) >= 11 is 8.34. The lowest BCUT2D eigenvalue weighted by Gasteiger charge is -2.14.